The number of benzene rings is 5. The van der Waals surface area contributed by atoms with Gasteiger partial charge in [0, 0.05) is 24.2 Å². The van der Waals surface area contributed by atoms with E-state index in [0.717, 1.165) is 37.3 Å². The quantitative estimate of drug-likeness (QED) is 0.0519. The summed E-state index contributed by atoms with van der Waals surface area (Å²) in [5.41, 5.74) is 6.41. The van der Waals surface area contributed by atoms with Crippen LogP contribution in [0.15, 0.2) is 120 Å². The van der Waals surface area contributed by atoms with Crippen LogP contribution in [-0.4, -0.2) is 82.6 Å². The maximum Gasteiger partial charge on any atom is 0.354 e. The van der Waals surface area contributed by atoms with Crippen LogP contribution in [0.3, 0.4) is 0 Å². The van der Waals surface area contributed by atoms with Crippen LogP contribution in [0.2, 0.25) is 10.0 Å². The van der Waals surface area contributed by atoms with Gasteiger partial charge in [-0.15, -0.1) is 5.06 Å². The first-order chi connectivity index (χ1) is 29.8. The molecule has 0 saturated carbocycles. The molecule has 0 spiro atoms. The monoisotopic (exact) mass is 920 g/mol. The highest BCUT2D eigenvalue weighted by Crippen LogP contribution is 2.24. The van der Waals surface area contributed by atoms with Gasteiger partial charge in [-0.25, -0.2) is 13.2 Å². The number of carboxylic acids is 1. The number of aromatic hydroxyl groups is 2. The molecule has 21 heteroatoms. The maximum absolute atomic E-state index is 14.3. The predicted octanol–water partition coefficient (Wildman–Crippen LogP) is 3.70. The molecule has 0 aliphatic carbocycles. The van der Waals surface area contributed by atoms with Gasteiger partial charge in [-0.3, -0.25) is 24.0 Å². The number of hydroxylamine groups is 2. The highest BCUT2D eigenvalue weighted by Gasteiger charge is 2.41. The van der Waals surface area contributed by atoms with Crippen LogP contribution in [0.1, 0.15) is 59.5 Å². The Morgan fingerprint density at radius 1 is 0.698 bits per heavy atom. The zero-order valence-electron chi connectivity index (χ0n) is 32.8. The Morgan fingerprint density at radius 2 is 1.21 bits per heavy atom. The lowest BCUT2D eigenvalue weighted by atomic mass is 10.1. The van der Waals surface area contributed by atoms with Gasteiger partial charge >= 0.3 is 11.9 Å². The summed E-state index contributed by atoms with van der Waals surface area (Å²) in [5, 5.41) is 36.3. The van der Waals surface area contributed by atoms with E-state index in [1.807, 2.05) is 4.72 Å². The van der Waals surface area contributed by atoms with Crippen molar-refractivity contribution in [2.75, 3.05) is 0 Å². The van der Waals surface area contributed by atoms with Crippen molar-refractivity contribution in [2.45, 2.75) is 43.2 Å². The minimum Gasteiger partial charge on any atom is -0.508 e. The average Bonchev–Trinajstić information content (AvgIpc) is 3.25. The first kappa shape index (κ1) is 47.0. The van der Waals surface area contributed by atoms with Crippen molar-refractivity contribution >= 4 is 68.8 Å². The minimum absolute atomic E-state index is 0.00249. The Bertz CT molecular complexity index is 2670. The fraction of sp³-hybridized carbons (Fsp3) is 0.143. The van der Waals surface area contributed by atoms with Crippen molar-refractivity contribution in [3.8, 4) is 11.5 Å². The van der Waals surface area contributed by atoms with Gasteiger partial charge in [0.25, 0.3) is 23.6 Å². The molecule has 5 rings (SSSR count). The molecular weight excluding hydrogens is 883 g/mol. The van der Waals surface area contributed by atoms with Crippen molar-refractivity contribution in [1.82, 2.24) is 25.7 Å². The molecule has 0 aromatic heterocycles. The van der Waals surface area contributed by atoms with Gasteiger partial charge in [0.1, 0.15) is 23.6 Å². The standard InChI is InChI=1S/C42H38Cl2N6O12S/c1-23(48-39(55)31-15-13-26(19-33(31)43)37(53)46-21-24-7-5-9-28(51)17-24)42(59)62-50(36(35(45)41(57)58)49-63(60,61)30-11-3-2-4-12-30)40(56)32-16-14-27(20-34(32)44)38(54)47-22-25-8-6-10-29(52)18-25/h2-20,23,35-36,49,51-52H,21-22,45H2,1H3,(H,46,53)(H,47,54)(H,48,55)(H,57,58)/t23-,35-,36?/m0/s1. The van der Waals surface area contributed by atoms with Gasteiger partial charge in [-0.05, 0) is 90.8 Å². The third-order valence-corrected chi connectivity index (χ3v) is 11.0. The van der Waals surface area contributed by atoms with Gasteiger partial charge in [0.15, 0.2) is 6.17 Å². The van der Waals surface area contributed by atoms with E-state index in [1.165, 1.54) is 60.7 Å². The smallest absolute Gasteiger partial charge is 0.354 e. The van der Waals surface area contributed by atoms with Crippen molar-refractivity contribution in [1.29, 1.82) is 0 Å². The van der Waals surface area contributed by atoms with E-state index in [1.54, 1.807) is 24.3 Å². The summed E-state index contributed by atoms with van der Waals surface area (Å²) < 4.78 is 29.0. The van der Waals surface area contributed by atoms with Gasteiger partial charge < -0.3 is 41.8 Å². The molecule has 18 nitrogen and oxygen atoms in total. The Balaban J connectivity index is 1.39. The minimum atomic E-state index is -4.71. The molecule has 0 saturated heterocycles. The first-order valence-corrected chi connectivity index (χ1v) is 20.7. The topological polar surface area (TPSA) is 284 Å². The molecule has 0 fully saturated rings. The zero-order chi connectivity index (χ0) is 46.0. The van der Waals surface area contributed by atoms with Gasteiger partial charge in [-0.1, -0.05) is 65.7 Å². The number of hydrogen-bond donors (Lipinski definition) is 8. The SMILES string of the molecule is C[C@H](NC(=O)c1ccc(C(=O)NCc2cccc(O)c2)cc1Cl)C(=O)ON(C(=O)c1ccc(C(=O)NCc2cccc(O)c2)cc1Cl)C(NS(=O)(=O)c1ccccc1)[C@H](N)C(=O)O. The molecular formula is C42H38Cl2N6O12S. The lowest BCUT2D eigenvalue weighted by molar-refractivity contribution is -0.192. The van der Waals surface area contributed by atoms with Crippen LogP contribution in [0.25, 0.3) is 0 Å². The van der Waals surface area contributed by atoms with Crippen molar-refractivity contribution in [2.24, 2.45) is 5.73 Å². The lowest BCUT2D eigenvalue weighted by Crippen LogP contribution is -2.62. The normalized spacial score (nSPS) is 12.5. The van der Waals surface area contributed by atoms with E-state index in [-0.39, 0.29) is 56.3 Å². The molecule has 0 heterocycles. The van der Waals surface area contributed by atoms with E-state index in [4.69, 9.17) is 33.8 Å². The molecule has 9 N–H and O–H groups in total. The van der Waals surface area contributed by atoms with E-state index < -0.39 is 74.4 Å². The summed E-state index contributed by atoms with van der Waals surface area (Å²) in [7, 11) is -4.71. The fourth-order valence-corrected chi connectivity index (χ4v) is 7.39. The van der Waals surface area contributed by atoms with Crippen LogP contribution in [0, 0.1) is 0 Å². The number of phenolic OH excluding ortho intramolecular Hbond substituents is 2. The number of hydrogen-bond acceptors (Lipinski definition) is 12. The summed E-state index contributed by atoms with van der Waals surface area (Å²) in [4.78, 5) is 84.3. The van der Waals surface area contributed by atoms with Crippen molar-refractivity contribution in [3.05, 3.63) is 159 Å². The van der Waals surface area contributed by atoms with Crippen LogP contribution in [0.5, 0.6) is 11.5 Å². The van der Waals surface area contributed by atoms with Crippen LogP contribution >= 0.6 is 23.2 Å². The first-order valence-electron chi connectivity index (χ1n) is 18.5. The highest BCUT2D eigenvalue weighted by atomic mass is 35.5. The van der Waals surface area contributed by atoms with Gasteiger partial charge in [-0.2, -0.15) is 4.72 Å². The third kappa shape index (κ3) is 12.3. The average molecular weight is 922 g/mol. The number of nitrogens with zero attached hydrogens (tertiary/aromatic N) is 1. The van der Waals surface area contributed by atoms with Crippen molar-refractivity contribution in [3.63, 3.8) is 0 Å². The second-order valence-electron chi connectivity index (χ2n) is 13.6. The molecule has 0 aliphatic rings. The molecule has 5 aromatic carbocycles. The number of aliphatic carboxylic acids is 1. The lowest BCUT2D eigenvalue weighted by Gasteiger charge is -2.33. The molecule has 328 valence electrons. The molecule has 4 amide bonds. The number of nitrogens with two attached hydrogens (primary N) is 1. The van der Waals surface area contributed by atoms with Gasteiger partial charge in [0.05, 0.1) is 26.1 Å². The summed E-state index contributed by atoms with van der Waals surface area (Å²) in [6.45, 7) is 1.18. The fourth-order valence-electron chi connectivity index (χ4n) is 5.65. The Morgan fingerprint density at radius 3 is 1.68 bits per heavy atom. The number of carbonyl (C=O) groups is 6. The van der Waals surface area contributed by atoms with E-state index in [9.17, 15) is 52.5 Å². The van der Waals surface area contributed by atoms with E-state index in [0.29, 0.717) is 11.1 Å². The highest BCUT2D eigenvalue weighted by molar-refractivity contribution is 7.89. The van der Waals surface area contributed by atoms with Crippen molar-refractivity contribution < 1.29 is 57.3 Å². The largest absolute Gasteiger partial charge is 0.508 e. The number of halogens is 2. The summed E-state index contributed by atoms with van der Waals surface area (Å²) >= 11 is 12.8. The Kier molecular flexibility index (Phi) is 15.4. The molecule has 1 unspecified atom stereocenters. The number of sulfonamides is 1. The second kappa shape index (κ2) is 20.7. The number of nitrogens with one attached hydrogen (secondary N) is 4. The van der Waals surface area contributed by atoms with Crippen LogP contribution in [-0.2, 0) is 37.5 Å². The number of rotatable bonds is 16. The van der Waals surface area contributed by atoms with Gasteiger partial charge in [0.2, 0.25) is 10.0 Å². The molecule has 5 aromatic rings. The van der Waals surface area contributed by atoms with Crippen LogP contribution < -0.4 is 26.4 Å². The number of carboxylic acid groups (broad SMARTS) is 1. The second-order valence-corrected chi connectivity index (χ2v) is 16.1. The zero-order valence-corrected chi connectivity index (χ0v) is 35.1. The van der Waals surface area contributed by atoms with Crippen LogP contribution in [0.4, 0.5) is 0 Å². The molecule has 3 atom stereocenters. The molecule has 0 radical (unpaired) electrons. The summed E-state index contributed by atoms with van der Waals surface area (Å²) in [5.74, 6) is -6.88. The Hall–Kier alpha value is -7.03. The number of phenols is 2. The molecule has 63 heavy (non-hydrogen) atoms. The third-order valence-electron chi connectivity index (χ3n) is 8.96. The number of carbonyl (C=O) groups excluding carboxylic acids is 5. The van der Waals surface area contributed by atoms with E-state index in [2.05, 4.69) is 16.0 Å². The summed E-state index contributed by atoms with van der Waals surface area (Å²) in [6.07, 6.45) is -2.37. The summed E-state index contributed by atoms with van der Waals surface area (Å²) in [6, 6.07) is 21.9. The molecule has 0 bridgehead atoms. The predicted molar refractivity (Wildman–Crippen MR) is 227 cm³/mol. The van der Waals surface area contributed by atoms with E-state index >= 15 is 0 Å². The maximum atomic E-state index is 14.3. The number of amides is 4. The molecule has 0 aliphatic heterocycles. The Labute approximate surface area is 369 Å².